The molecule has 0 aliphatic rings. The molecule has 30 heavy (non-hydrogen) atoms. The first-order valence-corrected chi connectivity index (χ1v) is 10.7. The number of amides is 1. The van der Waals surface area contributed by atoms with Crippen LogP contribution in [0.25, 0.3) is 10.2 Å². The summed E-state index contributed by atoms with van der Waals surface area (Å²) in [4.78, 5) is 18.1. The molecule has 4 aromatic rings. The number of para-hydroxylation sites is 2. The number of nitrogens with one attached hydrogen (secondary N) is 1. The molecule has 1 aromatic heterocycles. The fourth-order valence-corrected chi connectivity index (χ4v) is 4.71. The number of hydrogen-bond acceptors (Lipinski definition) is 4. The van der Waals surface area contributed by atoms with E-state index >= 15 is 0 Å². The van der Waals surface area contributed by atoms with Crippen LogP contribution in [-0.4, -0.2) is 18.0 Å². The number of hydrogen-bond donors (Lipinski definition) is 1. The zero-order valence-electron chi connectivity index (χ0n) is 17.3. The van der Waals surface area contributed by atoms with Crippen molar-refractivity contribution in [3.63, 3.8) is 0 Å². The Bertz CT molecular complexity index is 1130. The molecular weight excluding hydrogens is 392 g/mol. The number of aromatic nitrogens is 1. The smallest absolute Gasteiger partial charge is 0.232 e. The predicted octanol–water partition coefficient (Wildman–Crippen LogP) is 6.10. The average molecular weight is 417 g/mol. The van der Waals surface area contributed by atoms with Crippen LogP contribution in [0.1, 0.15) is 30.9 Å². The first kappa shape index (κ1) is 20.1. The van der Waals surface area contributed by atoms with Gasteiger partial charge in [0.25, 0.3) is 0 Å². The summed E-state index contributed by atoms with van der Waals surface area (Å²) in [7, 11) is 1.66. The maximum absolute atomic E-state index is 13.5. The van der Waals surface area contributed by atoms with Crippen LogP contribution in [0.5, 0.6) is 5.75 Å². The van der Waals surface area contributed by atoms with Crippen molar-refractivity contribution in [2.24, 2.45) is 5.41 Å². The van der Waals surface area contributed by atoms with Gasteiger partial charge in [0.15, 0.2) is 5.13 Å². The van der Waals surface area contributed by atoms with Gasteiger partial charge in [-0.05, 0) is 23.8 Å². The average Bonchev–Trinajstić information content (AvgIpc) is 3.17. The lowest BCUT2D eigenvalue weighted by Crippen LogP contribution is -2.37. The van der Waals surface area contributed by atoms with Gasteiger partial charge in [-0.1, -0.05) is 85.8 Å². The van der Waals surface area contributed by atoms with E-state index in [0.717, 1.165) is 27.1 Å². The van der Waals surface area contributed by atoms with Crippen LogP contribution in [0, 0.1) is 5.41 Å². The SMILES string of the molecule is COc1ccccc1C(c1ccccc1)C(C)(C)C(=O)Nc1nc2ccccc2s1. The molecule has 152 valence electrons. The second-order valence-electron chi connectivity index (χ2n) is 7.75. The summed E-state index contributed by atoms with van der Waals surface area (Å²) in [5, 5.41) is 3.67. The molecule has 0 fully saturated rings. The topological polar surface area (TPSA) is 51.2 Å². The number of fused-ring (bicyclic) bond motifs is 1. The highest BCUT2D eigenvalue weighted by Crippen LogP contribution is 2.45. The number of rotatable bonds is 6. The third kappa shape index (κ3) is 3.81. The van der Waals surface area contributed by atoms with Crippen LogP contribution in [0.4, 0.5) is 5.13 Å². The number of carbonyl (C=O) groups excluding carboxylic acids is 1. The Hall–Kier alpha value is -3.18. The van der Waals surface area contributed by atoms with E-state index in [2.05, 4.69) is 22.4 Å². The molecule has 1 N–H and O–H groups in total. The van der Waals surface area contributed by atoms with Crippen molar-refractivity contribution in [1.29, 1.82) is 0 Å². The molecule has 3 aromatic carbocycles. The zero-order chi connectivity index (χ0) is 21.1. The number of ether oxygens (including phenoxy) is 1. The van der Waals surface area contributed by atoms with Gasteiger partial charge < -0.3 is 10.1 Å². The molecule has 1 heterocycles. The van der Waals surface area contributed by atoms with Gasteiger partial charge in [0.05, 0.1) is 22.7 Å². The molecule has 0 bridgehead atoms. The Morgan fingerprint density at radius 1 is 0.967 bits per heavy atom. The Balaban J connectivity index is 1.73. The number of nitrogens with zero attached hydrogens (tertiary/aromatic N) is 1. The van der Waals surface area contributed by atoms with Crippen LogP contribution >= 0.6 is 11.3 Å². The molecule has 0 radical (unpaired) electrons. The van der Waals surface area contributed by atoms with Crippen molar-refractivity contribution >= 4 is 32.6 Å². The van der Waals surface area contributed by atoms with Crippen LogP contribution in [0.2, 0.25) is 0 Å². The Morgan fingerprint density at radius 3 is 2.37 bits per heavy atom. The van der Waals surface area contributed by atoms with E-state index < -0.39 is 5.41 Å². The predicted molar refractivity (Wildman–Crippen MR) is 123 cm³/mol. The fourth-order valence-electron chi connectivity index (χ4n) is 3.85. The van der Waals surface area contributed by atoms with E-state index in [9.17, 15) is 4.79 Å². The first-order valence-electron chi connectivity index (χ1n) is 9.85. The van der Waals surface area contributed by atoms with E-state index in [4.69, 9.17) is 4.74 Å². The minimum atomic E-state index is -0.756. The van der Waals surface area contributed by atoms with E-state index in [1.165, 1.54) is 11.3 Å². The minimum absolute atomic E-state index is 0.0821. The van der Waals surface area contributed by atoms with Crippen LogP contribution < -0.4 is 10.1 Å². The Morgan fingerprint density at radius 2 is 1.63 bits per heavy atom. The number of methoxy groups -OCH3 is 1. The quantitative estimate of drug-likeness (QED) is 0.413. The van der Waals surface area contributed by atoms with Gasteiger partial charge in [0, 0.05) is 11.5 Å². The van der Waals surface area contributed by atoms with Crippen molar-refractivity contribution in [3.8, 4) is 5.75 Å². The summed E-state index contributed by atoms with van der Waals surface area (Å²) in [5.74, 6) is 0.498. The Kier molecular flexibility index (Phi) is 5.55. The van der Waals surface area contributed by atoms with Crippen LogP contribution in [0.3, 0.4) is 0 Å². The zero-order valence-corrected chi connectivity index (χ0v) is 18.1. The van der Waals surface area contributed by atoms with Gasteiger partial charge in [0.1, 0.15) is 5.75 Å². The molecule has 0 saturated carbocycles. The lowest BCUT2D eigenvalue weighted by Gasteiger charge is -2.34. The molecule has 0 saturated heterocycles. The maximum atomic E-state index is 13.5. The monoisotopic (exact) mass is 416 g/mol. The molecule has 4 rings (SSSR count). The third-order valence-corrected chi connectivity index (χ3v) is 6.36. The van der Waals surface area contributed by atoms with Crippen molar-refractivity contribution in [2.75, 3.05) is 12.4 Å². The number of thiazole rings is 1. The fraction of sp³-hybridized carbons (Fsp3) is 0.200. The lowest BCUT2D eigenvalue weighted by atomic mass is 9.70. The van der Waals surface area contributed by atoms with E-state index in [1.807, 2.05) is 80.6 Å². The summed E-state index contributed by atoms with van der Waals surface area (Å²) in [6.45, 7) is 3.94. The summed E-state index contributed by atoms with van der Waals surface area (Å²) in [6, 6.07) is 25.9. The first-order chi connectivity index (χ1) is 14.5. The molecule has 0 spiro atoms. The van der Waals surface area contributed by atoms with E-state index in [0.29, 0.717) is 5.13 Å². The molecule has 4 nitrogen and oxygen atoms in total. The normalized spacial score (nSPS) is 12.5. The molecule has 1 atom stereocenters. The Labute approximate surface area is 180 Å². The summed E-state index contributed by atoms with van der Waals surface area (Å²) >= 11 is 1.48. The second-order valence-corrected chi connectivity index (χ2v) is 8.78. The number of benzene rings is 3. The number of anilines is 1. The van der Waals surface area contributed by atoms with Crippen molar-refractivity contribution in [3.05, 3.63) is 90.0 Å². The third-order valence-electron chi connectivity index (χ3n) is 5.40. The standard InChI is InChI=1S/C25H24N2O2S/c1-25(2,23(28)27-24-26-19-14-8-10-16-21(19)30-24)22(17-11-5-4-6-12-17)18-13-7-9-15-20(18)29-3/h4-16,22H,1-3H3,(H,26,27,28). The molecule has 1 amide bonds. The second kappa shape index (κ2) is 8.28. The van der Waals surface area contributed by atoms with E-state index in [1.54, 1.807) is 7.11 Å². The van der Waals surface area contributed by atoms with Gasteiger partial charge in [-0.2, -0.15) is 0 Å². The van der Waals surface area contributed by atoms with Gasteiger partial charge in [-0.3, -0.25) is 4.79 Å². The maximum Gasteiger partial charge on any atom is 0.232 e. The molecule has 1 unspecified atom stereocenters. The molecule has 0 aliphatic carbocycles. The van der Waals surface area contributed by atoms with Gasteiger partial charge >= 0.3 is 0 Å². The van der Waals surface area contributed by atoms with Gasteiger partial charge in [-0.15, -0.1) is 0 Å². The van der Waals surface area contributed by atoms with Crippen LogP contribution in [-0.2, 0) is 4.79 Å². The van der Waals surface area contributed by atoms with Gasteiger partial charge in [-0.25, -0.2) is 4.98 Å². The van der Waals surface area contributed by atoms with Crippen molar-refractivity contribution in [1.82, 2.24) is 4.98 Å². The highest BCUT2D eigenvalue weighted by molar-refractivity contribution is 7.22. The number of carbonyl (C=O) groups is 1. The van der Waals surface area contributed by atoms with Crippen LogP contribution in [0.15, 0.2) is 78.9 Å². The van der Waals surface area contributed by atoms with Crippen molar-refractivity contribution in [2.45, 2.75) is 19.8 Å². The van der Waals surface area contributed by atoms with Crippen molar-refractivity contribution < 1.29 is 9.53 Å². The largest absolute Gasteiger partial charge is 0.496 e. The molecular formula is C25H24N2O2S. The summed E-state index contributed by atoms with van der Waals surface area (Å²) in [5.41, 5.74) is 2.18. The molecule has 5 heteroatoms. The highest BCUT2D eigenvalue weighted by atomic mass is 32.1. The molecule has 0 aliphatic heterocycles. The minimum Gasteiger partial charge on any atom is -0.496 e. The van der Waals surface area contributed by atoms with Gasteiger partial charge in [0.2, 0.25) is 5.91 Å². The summed E-state index contributed by atoms with van der Waals surface area (Å²) in [6.07, 6.45) is 0. The van der Waals surface area contributed by atoms with E-state index in [-0.39, 0.29) is 11.8 Å². The summed E-state index contributed by atoms with van der Waals surface area (Å²) < 4.78 is 6.69. The highest BCUT2D eigenvalue weighted by Gasteiger charge is 2.40. The lowest BCUT2D eigenvalue weighted by molar-refractivity contribution is -0.124.